The van der Waals surface area contributed by atoms with E-state index in [2.05, 4.69) is 6.07 Å². The molecule has 1 aromatic carbocycles. The van der Waals surface area contributed by atoms with Gasteiger partial charge in [-0.3, -0.25) is 0 Å². The Balaban J connectivity index is 2.56. The molecule has 1 atom stereocenters. The largest absolute Gasteiger partial charge is 0.398 e. The summed E-state index contributed by atoms with van der Waals surface area (Å²) in [5, 5.41) is 9.11. The lowest BCUT2D eigenvalue weighted by Gasteiger charge is -2.23. The highest BCUT2D eigenvalue weighted by Crippen LogP contribution is 2.38. The van der Waals surface area contributed by atoms with E-state index in [1.807, 2.05) is 49.4 Å². The predicted molar refractivity (Wildman–Crippen MR) is 59.8 cm³/mol. The molecule has 0 bridgehead atoms. The van der Waals surface area contributed by atoms with Crippen molar-refractivity contribution in [1.82, 2.24) is 0 Å². The lowest BCUT2D eigenvalue weighted by Crippen LogP contribution is -2.20. The van der Waals surface area contributed by atoms with Gasteiger partial charge in [0.1, 0.15) is 0 Å². The Morgan fingerprint density at radius 2 is 1.93 bits per heavy atom. The SMILES string of the molecule is C[C@]1(c2ccccc2)C=CC(N)=C1C#N. The van der Waals surface area contributed by atoms with Crippen molar-refractivity contribution in [3.05, 3.63) is 59.3 Å². The third kappa shape index (κ3) is 1.33. The summed E-state index contributed by atoms with van der Waals surface area (Å²) in [6, 6.07) is 12.1. The molecule has 0 unspecified atom stereocenters. The van der Waals surface area contributed by atoms with Crippen molar-refractivity contribution >= 4 is 0 Å². The Hall–Kier alpha value is -2.01. The summed E-state index contributed by atoms with van der Waals surface area (Å²) in [4.78, 5) is 0. The van der Waals surface area contributed by atoms with Gasteiger partial charge in [0, 0.05) is 11.1 Å². The van der Waals surface area contributed by atoms with Crippen molar-refractivity contribution in [1.29, 1.82) is 5.26 Å². The van der Waals surface area contributed by atoms with Gasteiger partial charge in [-0.1, -0.05) is 36.4 Å². The maximum Gasteiger partial charge on any atom is 0.0981 e. The Kier molecular flexibility index (Phi) is 2.09. The van der Waals surface area contributed by atoms with Crippen LogP contribution in [0.3, 0.4) is 0 Å². The van der Waals surface area contributed by atoms with Crippen molar-refractivity contribution in [3.8, 4) is 6.07 Å². The topological polar surface area (TPSA) is 49.8 Å². The molecule has 0 heterocycles. The zero-order valence-electron chi connectivity index (χ0n) is 8.57. The van der Waals surface area contributed by atoms with E-state index in [0.717, 1.165) is 5.56 Å². The van der Waals surface area contributed by atoms with E-state index < -0.39 is 0 Å². The van der Waals surface area contributed by atoms with Gasteiger partial charge in [-0.2, -0.15) is 5.26 Å². The van der Waals surface area contributed by atoms with Crippen molar-refractivity contribution in [3.63, 3.8) is 0 Å². The highest BCUT2D eigenvalue weighted by atomic mass is 14.6. The number of allylic oxidation sites excluding steroid dienone is 3. The Morgan fingerprint density at radius 3 is 2.53 bits per heavy atom. The first-order valence-corrected chi connectivity index (χ1v) is 4.83. The Morgan fingerprint density at radius 1 is 1.27 bits per heavy atom. The van der Waals surface area contributed by atoms with Crippen LogP contribution in [0.15, 0.2) is 53.8 Å². The van der Waals surface area contributed by atoms with Crippen molar-refractivity contribution in [2.24, 2.45) is 5.73 Å². The van der Waals surface area contributed by atoms with Gasteiger partial charge in [-0.25, -0.2) is 0 Å². The standard InChI is InChI=1S/C13H12N2/c1-13(10-5-3-2-4-6-10)8-7-12(15)11(13)9-14/h2-8H,15H2,1H3/t13-/m1/s1. The van der Waals surface area contributed by atoms with E-state index in [9.17, 15) is 0 Å². The number of hydrogen-bond donors (Lipinski definition) is 1. The monoisotopic (exact) mass is 196 g/mol. The number of rotatable bonds is 1. The lowest BCUT2D eigenvalue weighted by atomic mass is 9.78. The second kappa shape index (κ2) is 3.29. The summed E-state index contributed by atoms with van der Waals surface area (Å²) in [6.45, 7) is 2.01. The molecule has 1 aliphatic rings. The normalized spacial score (nSPS) is 24.3. The molecule has 0 aromatic heterocycles. The van der Waals surface area contributed by atoms with E-state index in [1.165, 1.54) is 0 Å². The maximum absolute atomic E-state index is 9.11. The molecule has 2 heteroatoms. The first kappa shape index (κ1) is 9.54. The van der Waals surface area contributed by atoms with Crippen LogP contribution in [0.2, 0.25) is 0 Å². The molecule has 74 valence electrons. The van der Waals surface area contributed by atoms with Crippen LogP contribution in [0, 0.1) is 11.3 Å². The summed E-state index contributed by atoms with van der Waals surface area (Å²) < 4.78 is 0. The second-order valence-electron chi connectivity index (χ2n) is 3.84. The molecule has 2 rings (SSSR count). The van der Waals surface area contributed by atoms with Crippen LogP contribution in [-0.4, -0.2) is 0 Å². The third-order valence-corrected chi connectivity index (χ3v) is 2.89. The average molecular weight is 196 g/mol. The van der Waals surface area contributed by atoms with Gasteiger partial charge < -0.3 is 5.73 Å². The van der Waals surface area contributed by atoms with E-state index in [-0.39, 0.29) is 5.41 Å². The third-order valence-electron chi connectivity index (χ3n) is 2.89. The molecule has 2 nitrogen and oxygen atoms in total. The average Bonchev–Trinajstić information content (AvgIpc) is 2.57. The summed E-state index contributed by atoms with van der Waals surface area (Å²) in [5.74, 6) is 0. The quantitative estimate of drug-likeness (QED) is 0.748. The van der Waals surface area contributed by atoms with Crippen LogP contribution in [0.4, 0.5) is 0 Å². The van der Waals surface area contributed by atoms with Gasteiger partial charge >= 0.3 is 0 Å². The molecule has 0 saturated heterocycles. The van der Waals surface area contributed by atoms with Crippen LogP contribution in [0.5, 0.6) is 0 Å². The molecular formula is C13H12N2. The van der Waals surface area contributed by atoms with Crippen molar-refractivity contribution < 1.29 is 0 Å². The van der Waals surface area contributed by atoms with Gasteiger partial charge in [0.2, 0.25) is 0 Å². The molecular weight excluding hydrogens is 184 g/mol. The number of nitrogens with two attached hydrogens (primary N) is 1. The van der Waals surface area contributed by atoms with Gasteiger partial charge in [-0.05, 0) is 18.6 Å². The molecule has 0 radical (unpaired) electrons. The minimum absolute atomic E-state index is 0.361. The smallest absolute Gasteiger partial charge is 0.0981 e. The van der Waals surface area contributed by atoms with Crippen LogP contribution in [0.25, 0.3) is 0 Å². The van der Waals surface area contributed by atoms with Gasteiger partial charge in [0.25, 0.3) is 0 Å². The van der Waals surface area contributed by atoms with Crippen molar-refractivity contribution in [2.45, 2.75) is 12.3 Å². The molecule has 2 N–H and O–H groups in total. The Labute approximate surface area is 89.3 Å². The molecule has 0 fully saturated rings. The number of nitriles is 1. The zero-order chi connectivity index (χ0) is 10.9. The minimum atomic E-state index is -0.361. The summed E-state index contributed by atoms with van der Waals surface area (Å²) in [7, 11) is 0. The van der Waals surface area contributed by atoms with E-state index in [1.54, 1.807) is 0 Å². The molecule has 0 aliphatic heterocycles. The highest BCUT2D eigenvalue weighted by Gasteiger charge is 2.33. The number of nitrogens with zero attached hydrogens (tertiary/aromatic N) is 1. The Bertz CT molecular complexity index is 477. The van der Waals surface area contributed by atoms with Gasteiger partial charge in [0.05, 0.1) is 11.6 Å². The van der Waals surface area contributed by atoms with Gasteiger partial charge in [0.15, 0.2) is 0 Å². The first-order chi connectivity index (χ1) is 7.18. The minimum Gasteiger partial charge on any atom is -0.398 e. The predicted octanol–water partition coefficient (Wildman–Crippen LogP) is 2.25. The molecule has 0 saturated carbocycles. The fourth-order valence-electron chi connectivity index (χ4n) is 1.93. The van der Waals surface area contributed by atoms with Crippen LogP contribution < -0.4 is 5.73 Å². The fourth-order valence-corrected chi connectivity index (χ4v) is 1.93. The highest BCUT2D eigenvalue weighted by molar-refractivity contribution is 5.56. The van der Waals surface area contributed by atoms with Crippen LogP contribution in [-0.2, 0) is 5.41 Å². The van der Waals surface area contributed by atoms with E-state index in [4.69, 9.17) is 11.0 Å². The van der Waals surface area contributed by atoms with Crippen LogP contribution in [0.1, 0.15) is 12.5 Å². The van der Waals surface area contributed by atoms with Gasteiger partial charge in [-0.15, -0.1) is 0 Å². The molecule has 1 aliphatic carbocycles. The lowest BCUT2D eigenvalue weighted by molar-refractivity contribution is 0.735. The maximum atomic E-state index is 9.11. The zero-order valence-corrected chi connectivity index (χ0v) is 8.57. The first-order valence-electron chi connectivity index (χ1n) is 4.83. The second-order valence-corrected chi connectivity index (χ2v) is 3.84. The number of hydrogen-bond acceptors (Lipinski definition) is 2. The fraction of sp³-hybridized carbons (Fsp3) is 0.154. The van der Waals surface area contributed by atoms with E-state index >= 15 is 0 Å². The summed E-state index contributed by atoms with van der Waals surface area (Å²) >= 11 is 0. The molecule has 1 aromatic rings. The van der Waals surface area contributed by atoms with Crippen molar-refractivity contribution in [2.75, 3.05) is 0 Å². The molecule has 0 spiro atoms. The number of benzene rings is 1. The summed E-state index contributed by atoms with van der Waals surface area (Å²) in [6.07, 6.45) is 3.79. The molecule has 15 heavy (non-hydrogen) atoms. The molecule has 0 amide bonds. The van der Waals surface area contributed by atoms with Crippen LogP contribution >= 0.6 is 0 Å². The summed E-state index contributed by atoms with van der Waals surface area (Å²) in [5.41, 5.74) is 7.71. The van der Waals surface area contributed by atoms with E-state index in [0.29, 0.717) is 11.3 Å².